The molecule has 1 amide bonds. The van der Waals surface area contributed by atoms with E-state index in [0.717, 1.165) is 0 Å². The van der Waals surface area contributed by atoms with E-state index in [2.05, 4.69) is 15.3 Å². The van der Waals surface area contributed by atoms with Crippen LogP contribution in [0.4, 0.5) is 14.7 Å². The Morgan fingerprint density at radius 1 is 0.880 bits per heavy atom. The van der Waals surface area contributed by atoms with Gasteiger partial charge in [-0.25, -0.2) is 18.7 Å². The van der Waals surface area contributed by atoms with E-state index in [1.807, 2.05) is 0 Å². The summed E-state index contributed by atoms with van der Waals surface area (Å²) in [6.07, 6.45) is 0.288. The molecule has 25 heavy (non-hydrogen) atoms. The average Bonchev–Trinajstić information content (AvgIpc) is 2.62. The molecule has 2 aromatic carbocycles. The first-order valence-electron chi connectivity index (χ1n) is 7.76. The van der Waals surface area contributed by atoms with Crippen LogP contribution in [0.1, 0.15) is 13.3 Å². The molecule has 126 valence electrons. The van der Waals surface area contributed by atoms with Crippen LogP contribution < -0.4 is 5.32 Å². The number of aromatic nitrogens is 2. The molecule has 0 aliphatic carbocycles. The molecule has 0 radical (unpaired) electrons. The number of amides is 1. The summed E-state index contributed by atoms with van der Waals surface area (Å²) in [4.78, 5) is 20.3. The van der Waals surface area contributed by atoms with Gasteiger partial charge in [0.15, 0.2) is 0 Å². The van der Waals surface area contributed by atoms with E-state index in [4.69, 9.17) is 0 Å². The predicted molar refractivity (Wildman–Crippen MR) is 91.7 cm³/mol. The fourth-order valence-corrected chi connectivity index (χ4v) is 2.25. The Hall–Kier alpha value is -3.15. The minimum absolute atomic E-state index is 0.146. The van der Waals surface area contributed by atoms with E-state index in [-0.39, 0.29) is 29.9 Å². The molecular formula is C19H15F2N3O. The van der Waals surface area contributed by atoms with E-state index >= 15 is 0 Å². The maximum Gasteiger partial charge on any atom is 0.230 e. The maximum absolute atomic E-state index is 13.2. The third kappa shape index (κ3) is 4.03. The number of carbonyl (C=O) groups is 1. The average molecular weight is 339 g/mol. The number of anilines is 1. The number of rotatable bonds is 4. The van der Waals surface area contributed by atoms with Crippen LogP contribution in [0.2, 0.25) is 0 Å². The van der Waals surface area contributed by atoms with Crippen molar-refractivity contribution in [2.75, 3.05) is 5.32 Å². The van der Waals surface area contributed by atoms with Crippen molar-refractivity contribution >= 4 is 11.9 Å². The number of nitrogens with one attached hydrogen (secondary N) is 1. The van der Waals surface area contributed by atoms with E-state index in [1.165, 1.54) is 24.3 Å². The van der Waals surface area contributed by atoms with Gasteiger partial charge < -0.3 is 0 Å². The monoisotopic (exact) mass is 339 g/mol. The Labute approximate surface area is 143 Å². The lowest BCUT2D eigenvalue weighted by atomic mass is 10.1. The zero-order chi connectivity index (χ0) is 17.8. The largest absolute Gasteiger partial charge is 0.295 e. The minimum Gasteiger partial charge on any atom is -0.295 e. The van der Waals surface area contributed by atoms with Gasteiger partial charge in [0.05, 0.1) is 11.4 Å². The SMILES string of the molecule is CCC(=O)Nc1nc(-c2ccc(F)cc2)cc(-c2ccc(F)cc2)n1. The molecule has 3 rings (SSSR count). The Bertz CT molecular complexity index is 830. The Morgan fingerprint density at radius 2 is 1.32 bits per heavy atom. The van der Waals surface area contributed by atoms with Crippen molar-refractivity contribution in [3.8, 4) is 22.5 Å². The molecule has 1 N–H and O–H groups in total. The predicted octanol–water partition coefficient (Wildman–Crippen LogP) is 4.44. The molecule has 1 aromatic heterocycles. The molecule has 0 saturated heterocycles. The summed E-state index contributed by atoms with van der Waals surface area (Å²) < 4.78 is 26.3. The Kier molecular flexibility index (Phi) is 4.79. The van der Waals surface area contributed by atoms with Crippen molar-refractivity contribution in [3.05, 3.63) is 66.2 Å². The van der Waals surface area contributed by atoms with E-state index < -0.39 is 0 Å². The second-order valence-electron chi connectivity index (χ2n) is 5.38. The second kappa shape index (κ2) is 7.17. The lowest BCUT2D eigenvalue weighted by Gasteiger charge is -2.09. The fraction of sp³-hybridized carbons (Fsp3) is 0.105. The van der Waals surface area contributed by atoms with Crippen LogP contribution in [0, 0.1) is 11.6 Å². The third-order valence-electron chi connectivity index (χ3n) is 3.58. The molecule has 0 bridgehead atoms. The Morgan fingerprint density at radius 3 is 1.72 bits per heavy atom. The van der Waals surface area contributed by atoms with Crippen molar-refractivity contribution in [2.24, 2.45) is 0 Å². The lowest BCUT2D eigenvalue weighted by Crippen LogP contribution is -2.13. The first-order valence-corrected chi connectivity index (χ1v) is 7.76. The van der Waals surface area contributed by atoms with Gasteiger partial charge in [-0.05, 0) is 54.6 Å². The molecule has 0 aliphatic heterocycles. The van der Waals surface area contributed by atoms with Gasteiger partial charge in [-0.3, -0.25) is 10.1 Å². The van der Waals surface area contributed by atoms with Gasteiger partial charge in [-0.2, -0.15) is 0 Å². The summed E-state index contributed by atoms with van der Waals surface area (Å²) >= 11 is 0. The molecule has 6 heteroatoms. The summed E-state index contributed by atoms with van der Waals surface area (Å²) in [5.74, 6) is -0.776. The Balaban J connectivity index is 2.08. The standard InChI is InChI=1S/C19H15F2N3O/c1-2-18(25)24-19-22-16(12-3-7-14(20)8-4-12)11-17(23-19)13-5-9-15(21)10-6-13/h3-11H,2H2,1H3,(H,22,23,24,25). The van der Waals surface area contributed by atoms with Gasteiger partial charge in [0.1, 0.15) is 11.6 Å². The smallest absolute Gasteiger partial charge is 0.230 e. The molecule has 3 aromatic rings. The molecule has 4 nitrogen and oxygen atoms in total. The summed E-state index contributed by atoms with van der Waals surface area (Å²) in [5.41, 5.74) is 2.42. The van der Waals surface area contributed by atoms with Crippen LogP contribution in [-0.4, -0.2) is 15.9 Å². The topological polar surface area (TPSA) is 54.9 Å². The van der Waals surface area contributed by atoms with Crippen molar-refractivity contribution < 1.29 is 13.6 Å². The first-order chi connectivity index (χ1) is 12.0. The van der Waals surface area contributed by atoms with E-state index in [9.17, 15) is 13.6 Å². The molecule has 0 unspecified atom stereocenters. The minimum atomic E-state index is -0.351. The highest BCUT2D eigenvalue weighted by Gasteiger charge is 2.11. The van der Waals surface area contributed by atoms with Crippen LogP contribution in [0.25, 0.3) is 22.5 Å². The number of nitrogens with zero attached hydrogens (tertiary/aromatic N) is 2. The summed E-state index contributed by atoms with van der Waals surface area (Å²) in [5, 5.41) is 2.63. The van der Waals surface area contributed by atoms with Crippen LogP contribution >= 0.6 is 0 Å². The number of carbonyl (C=O) groups excluding carboxylic acids is 1. The van der Waals surface area contributed by atoms with Crippen molar-refractivity contribution in [2.45, 2.75) is 13.3 Å². The van der Waals surface area contributed by atoms with E-state index in [0.29, 0.717) is 22.5 Å². The normalized spacial score (nSPS) is 10.5. The van der Waals surface area contributed by atoms with Crippen molar-refractivity contribution in [1.82, 2.24) is 9.97 Å². The zero-order valence-electron chi connectivity index (χ0n) is 13.5. The van der Waals surface area contributed by atoms with Gasteiger partial charge in [0, 0.05) is 17.5 Å². The zero-order valence-corrected chi connectivity index (χ0v) is 13.5. The molecular weight excluding hydrogens is 324 g/mol. The highest BCUT2D eigenvalue weighted by Crippen LogP contribution is 2.25. The quantitative estimate of drug-likeness (QED) is 0.765. The summed E-state index contributed by atoms with van der Waals surface area (Å²) in [6, 6.07) is 13.4. The summed E-state index contributed by atoms with van der Waals surface area (Å²) in [6.45, 7) is 1.72. The molecule has 0 aliphatic rings. The second-order valence-corrected chi connectivity index (χ2v) is 5.38. The van der Waals surface area contributed by atoms with Crippen molar-refractivity contribution in [1.29, 1.82) is 0 Å². The molecule has 0 atom stereocenters. The van der Waals surface area contributed by atoms with Gasteiger partial charge >= 0.3 is 0 Å². The van der Waals surface area contributed by atoms with Crippen LogP contribution in [0.15, 0.2) is 54.6 Å². The van der Waals surface area contributed by atoms with Gasteiger partial charge in [0.25, 0.3) is 0 Å². The lowest BCUT2D eigenvalue weighted by molar-refractivity contribution is -0.115. The fourth-order valence-electron chi connectivity index (χ4n) is 2.25. The van der Waals surface area contributed by atoms with Gasteiger partial charge in [0.2, 0.25) is 11.9 Å². The third-order valence-corrected chi connectivity index (χ3v) is 3.58. The first kappa shape index (κ1) is 16.7. The molecule has 0 fully saturated rings. The number of hydrogen-bond acceptors (Lipinski definition) is 3. The summed E-state index contributed by atoms with van der Waals surface area (Å²) in [7, 11) is 0. The van der Waals surface area contributed by atoms with E-state index in [1.54, 1.807) is 37.3 Å². The highest BCUT2D eigenvalue weighted by molar-refractivity contribution is 5.89. The molecule has 1 heterocycles. The van der Waals surface area contributed by atoms with Crippen LogP contribution in [0.5, 0.6) is 0 Å². The van der Waals surface area contributed by atoms with Gasteiger partial charge in [-0.1, -0.05) is 6.92 Å². The molecule has 0 spiro atoms. The maximum atomic E-state index is 13.2. The van der Waals surface area contributed by atoms with Crippen LogP contribution in [0.3, 0.4) is 0 Å². The number of benzene rings is 2. The van der Waals surface area contributed by atoms with Crippen LogP contribution in [-0.2, 0) is 4.79 Å². The number of halogens is 2. The highest BCUT2D eigenvalue weighted by atomic mass is 19.1. The molecule has 0 saturated carbocycles. The van der Waals surface area contributed by atoms with Crippen molar-refractivity contribution in [3.63, 3.8) is 0 Å². The van der Waals surface area contributed by atoms with Gasteiger partial charge in [-0.15, -0.1) is 0 Å². The number of hydrogen-bond donors (Lipinski definition) is 1.